The molecule has 0 bridgehead atoms. The standard InChI is InChI=1S/C18H26FN5/c1-12-10-15(6-7-17(12)19)11-22-18(20-4)21-9-8-16-13(2)23-24(5)14(16)3/h6-7,10H,8-9,11H2,1-5H3,(H2,20,21,22). The molecule has 2 N–H and O–H groups in total. The molecule has 0 aliphatic carbocycles. The molecule has 2 rings (SSSR count). The molecule has 0 saturated heterocycles. The van der Waals surface area contributed by atoms with Crippen molar-refractivity contribution in [3.05, 3.63) is 52.1 Å². The number of benzene rings is 1. The second-order valence-corrected chi connectivity index (χ2v) is 5.96. The lowest BCUT2D eigenvalue weighted by Crippen LogP contribution is -2.38. The fraction of sp³-hybridized carbons (Fsp3) is 0.444. The maximum atomic E-state index is 13.3. The Hall–Kier alpha value is -2.37. The van der Waals surface area contributed by atoms with Crippen LogP contribution in [0.25, 0.3) is 0 Å². The molecule has 0 aliphatic heterocycles. The molecular weight excluding hydrogens is 305 g/mol. The minimum absolute atomic E-state index is 0.177. The third-order valence-corrected chi connectivity index (χ3v) is 4.23. The molecular formula is C18H26FN5. The molecule has 0 fully saturated rings. The van der Waals surface area contributed by atoms with E-state index in [2.05, 4.69) is 27.6 Å². The highest BCUT2D eigenvalue weighted by Crippen LogP contribution is 2.12. The first kappa shape index (κ1) is 18.0. The zero-order valence-electron chi connectivity index (χ0n) is 15.1. The fourth-order valence-corrected chi connectivity index (χ4v) is 2.71. The molecule has 0 aliphatic rings. The Labute approximate surface area is 143 Å². The Morgan fingerprint density at radius 1 is 1.25 bits per heavy atom. The monoisotopic (exact) mass is 331 g/mol. The summed E-state index contributed by atoms with van der Waals surface area (Å²) in [5.41, 5.74) is 5.21. The van der Waals surface area contributed by atoms with Gasteiger partial charge in [0.15, 0.2) is 5.96 Å². The summed E-state index contributed by atoms with van der Waals surface area (Å²) in [6.45, 7) is 7.26. The van der Waals surface area contributed by atoms with Crippen LogP contribution < -0.4 is 10.6 Å². The molecule has 0 saturated carbocycles. The maximum absolute atomic E-state index is 13.3. The summed E-state index contributed by atoms with van der Waals surface area (Å²) < 4.78 is 15.2. The quantitative estimate of drug-likeness (QED) is 0.653. The van der Waals surface area contributed by atoms with Gasteiger partial charge >= 0.3 is 0 Å². The van der Waals surface area contributed by atoms with E-state index in [0.29, 0.717) is 12.1 Å². The van der Waals surface area contributed by atoms with E-state index in [9.17, 15) is 4.39 Å². The summed E-state index contributed by atoms with van der Waals surface area (Å²) in [5.74, 6) is 0.555. The molecule has 1 heterocycles. The van der Waals surface area contributed by atoms with Crippen molar-refractivity contribution in [1.29, 1.82) is 0 Å². The molecule has 0 radical (unpaired) electrons. The van der Waals surface area contributed by atoms with Crippen LogP contribution in [0.5, 0.6) is 0 Å². The van der Waals surface area contributed by atoms with Gasteiger partial charge in [-0.15, -0.1) is 0 Å². The summed E-state index contributed by atoms with van der Waals surface area (Å²) >= 11 is 0. The summed E-state index contributed by atoms with van der Waals surface area (Å²) in [6, 6.07) is 5.12. The number of nitrogens with one attached hydrogen (secondary N) is 2. The lowest BCUT2D eigenvalue weighted by Gasteiger charge is -2.12. The van der Waals surface area contributed by atoms with E-state index >= 15 is 0 Å². The van der Waals surface area contributed by atoms with Gasteiger partial charge in [-0.2, -0.15) is 5.10 Å². The normalized spacial score (nSPS) is 11.7. The van der Waals surface area contributed by atoms with Crippen LogP contribution in [0.3, 0.4) is 0 Å². The second-order valence-electron chi connectivity index (χ2n) is 5.96. The molecule has 6 heteroatoms. The fourth-order valence-electron chi connectivity index (χ4n) is 2.71. The smallest absolute Gasteiger partial charge is 0.191 e. The van der Waals surface area contributed by atoms with Crippen LogP contribution in [0.4, 0.5) is 4.39 Å². The average molecular weight is 331 g/mol. The number of halogens is 1. The van der Waals surface area contributed by atoms with Crippen molar-refractivity contribution in [3.63, 3.8) is 0 Å². The highest BCUT2D eigenvalue weighted by atomic mass is 19.1. The first-order chi connectivity index (χ1) is 11.4. The van der Waals surface area contributed by atoms with Gasteiger partial charge in [0.1, 0.15) is 5.82 Å². The van der Waals surface area contributed by atoms with Crippen LogP contribution in [0, 0.1) is 26.6 Å². The van der Waals surface area contributed by atoms with Crippen molar-refractivity contribution in [2.75, 3.05) is 13.6 Å². The first-order valence-electron chi connectivity index (χ1n) is 8.11. The van der Waals surface area contributed by atoms with Crippen LogP contribution in [0.15, 0.2) is 23.2 Å². The van der Waals surface area contributed by atoms with Crippen molar-refractivity contribution in [2.45, 2.75) is 33.7 Å². The zero-order chi connectivity index (χ0) is 17.7. The van der Waals surface area contributed by atoms with E-state index in [1.54, 1.807) is 20.0 Å². The lowest BCUT2D eigenvalue weighted by molar-refractivity contribution is 0.617. The summed E-state index contributed by atoms with van der Waals surface area (Å²) in [4.78, 5) is 4.22. The van der Waals surface area contributed by atoms with E-state index < -0.39 is 0 Å². The van der Waals surface area contributed by atoms with Crippen molar-refractivity contribution in [3.8, 4) is 0 Å². The van der Waals surface area contributed by atoms with Gasteiger partial charge in [0.2, 0.25) is 0 Å². The number of aryl methyl sites for hydroxylation is 3. The van der Waals surface area contributed by atoms with Crippen LogP contribution in [0.1, 0.15) is 28.1 Å². The first-order valence-corrected chi connectivity index (χ1v) is 8.11. The number of hydrogen-bond donors (Lipinski definition) is 2. The summed E-state index contributed by atoms with van der Waals surface area (Å²) in [7, 11) is 3.70. The summed E-state index contributed by atoms with van der Waals surface area (Å²) in [5, 5.41) is 11.0. The maximum Gasteiger partial charge on any atom is 0.191 e. The van der Waals surface area contributed by atoms with Crippen LogP contribution >= 0.6 is 0 Å². The van der Waals surface area contributed by atoms with Crippen molar-refractivity contribution < 1.29 is 4.39 Å². The molecule has 1 aromatic carbocycles. The van der Waals surface area contributed by atoms with E-state index in [1.165, 1.54) is 17.3 Å². The minimum atomic E-state index is -0.177. The van der Waals surface area contributed by atoms with Crippen molar-refractivity contribution >= 4 is 5.96 Å². The van der Waals surface area contributed by atoms with Gasteiger partial charge in [0.05, 0.1) is 5.69 Å². The number of aliphatic imine (C=N–C) groups is 1. The number of guanidine groups is 1. The Morgan fingerprint density at radius 2 is 2.00 bits per heavy atom. The molecule has 1 aromatic heterocycles. The number of aromatic nitrogens is 2. The van der Waals surface area contributed by atoms with Crippen molar-refractivity contribution in [1.82, 2.24) is 20.4 Å². The van der Waals surface area contributed by atoms with Gasteiger partial charge in [-0.3, -0.25) is 9.67 Å². The largest absolute Gasteiger partial charge is 0.356 e. The van der Waals surface area contributed by atoms with Crippen LogP contribution in [-0.2, 0) is 20.0 Å². The van der Waals surface area contributed by atoms with Gasteiger partial charge in [-0.05, 0) is 49.9 Å². The topological polar surface area (TPSA) is 54.2 Å². The highest BCUT2D eigenvalue weighted by Gasteiger charge is 2.09. The molecule has 2 aromatic rings. The third-order valence-electron chi connectivity index (χ3n) is 4.23. The lowest BCUT2D eigenvalue weighted by atomic mass is 10.1. The molecule has 0 atom stereocenters. The minimum Gasteiger partial charge on any atom is -0.356 e. The van der Waals surface area contributed by atoms with E-state index in [0.717, 1.165) is 30.2 Å². The van der Waals surface area contributed by atoms with Crippen LogP contribution in [0.2, 0.25) is 0 Å². The van der Waals surface area contributed by atoms with E-state index in [-0.39, 0.29) is 5.82 Å². The molecule has 0 spiro atoms. The predicted molar refractivity (Wildman–Crippen MR) is 95.7 cm³/mol. The Morgan fingerprint density at radius 3 is 2.58 bits per heavy atom. The van der Waals surface area contributed by atoms with Crippen LogP contribution in [-0.4, -0.2) is 29.3 Å². The summed E-state index contributed by atoms with van der Waals surface area (Å²) in [6.07, 6.45) is 0.891. The molecule has 5 nitrogen and oxygen atoms in total. The Balaban J connectivity index is 1.85. The second kappa shape index (κ2) is 7.95. The SMILES string of the molecule is CN=C(NCCc1c(C)nn(C)c1C)NCc1ccc(F)c(C)c1. The molecule has 0 amide bonds. The zero-order valence-corrected chi connectivity index (χ0v) is 15.1. The molecule has 0 unspecified atom stereocenters. The highest BCUT2D eigenvalue weighted by molar-refractivity contribution is 5.79. The van der Waals surface area contributed by atoms with Gasteiger partial charge < -0.3 is 10.6 Å². The van der Waals surface area contributed by atoms with Gasteiger partial charge in [-0.1, -0.05) is 12.1 Å². The van der Waals surface area contributed by atoms with Crippen molar-refractivity contribution in [2.24, 2.45) is 12.0 Å². The Bertz CT molecular complexity index is 733. The predicted octanol–water partition coefficient (Wildman–Crippen LogP) is 2.39. The Kier molecular flexibility index (Phi) is 5.95. The molecule has 24 heavy (non-hydrogen) atoms. The third kappa shape index (κ3) is 4.34. The number of hydrogen-bond acceptors (Lipinski definition) is 2. The van der Waals surface area contributed by atoms with E-state index in [1.807, 2.05) is 24.7 Å². The number of rotatable bonds is 5. The van der Waals surface area contributed by atoms with E-state index in [4.69, 9.17) is 0 Å². The number of nitrogens with zero attached hydrogens (tertiary/aromatic N) is 3. The van der Waals surface area contributed by atoms with Gasteiger partial charge in [0.25, 0.3) is 0 Å². The van der Waals surface area contributed by atoms with Gasteiger partial charge in [-0.25, -0.2) is 4.39 Å². The molecule has 130 valence electrons. The van der Waals surface area contributed by atoms with Gasteiger partial charge in [0, 0.05) is 32.9 Å². The average Bonchev–Trinajstić information content (AvgIpc) is 2.79.